The quantitative estimate of drug-likeness (QED) is 0.173. The first-order valence-electron chi connectivity index (χ1n) is 14.0. The second kappa shape index (κ2) is 13.1. The molecule has 1 aliphatic rings. The number of carbonyl (C=O) groups excluding carboxylic acids is 2. The van der Waals surface area contributed by atoms with Gasteiger partial charge in [0.1, 0.15) is 11.9 Å². The fourth-order valence-electron chi connectivity index (χ4n) is 5.11. The number of rotatable bonds is 9. The van der Waals surface area contributed by atoms with Gasteiger partial charge in [0.15, 0.2) is 0 Å². The number of amides is 3. The van der Waals surface area contributed by atoms with Crippen LogP contribution in [0.5, 0.6) is 0 Å². The summed E-state index contributed by atoms with van der Waals surface area (Å²) in [7, 11) is -4.08. The number of carbonyl (C=O) groups is 2. The van der Waals surface area contributed by atoms with E-state index in [0.717, 1.165) is 16.3 Å². The van der Waals surface area contributed by atoms with Crippen molar-refractivity contribution < 1.29 is 18.0 Å². The topological polar surface area (TPSA) is 149 Å². The van der Waals surface area contributed by atoms with E-state index in [-0.39, 0.29) is 42.2 Å². The first-order valence-corrected chi connectivity index (χ1v) is 15.5. The Bertz CT molecular complexity index is 1740. The maximum absolute atomic E-state index is 13.8. The molecule has 0 aliphatic carbocycles. The molecule has 0 aromatic heterocycles. The highest BCUT2D eigenvalue weighted by molar-refractivity contribution is 7.89. The van der Waals surface area contributed by atoms with Crippen molar-refractivity contribution in [2.45, 2.75) is 23.9 Å². The predicted molar refractivity (Wildman–Crippen MR) is 166 cm³/mol. The summed E-state index contributed by atoms with van der Waals surface area (Å²) in [6, 6.07) is 27.4. The smallest absolute Gasteiger partial charge is 0.317 e. The molecule has 0 radical (unpaired) electrons. The van der Waals surface area contributed by atoms with Gasteiger partial charge in [-0.05, 0) is 46.5 Å². The van der Waals surface area contributed by atoms with Crippen molar-refractivity contribution in [2.24, 2.45) is 5.73 Å². The lowest BCUT2D eigenvalue weighted by Gasteiger charge is -2.36. The Hall–Kier alpha value is -4.74. The van der Waals surface area contributed by atoms with E-state index in [0.29, 0.717) is 30.8 Å². The van der Waals surface area contributed by atoms with Crippen LogP contribution in [0.1, 0.15) is 16.7 Å². The molecule has 0 saturated carbocycles. The Morgan fingerprint density at radius 3 is 2.16 bits per heavy atom. The second-order valence-electron chi connectivity index (χ2n) is 10.5. The summed E-state index contributed by atoms with van der Waals surface area (Å²) in [4.78, 5) is 29.9. The highest BCUT2D eigenvalue weighted by atomic mass is 32.2. The van der Waals surface area contributed by atoms with E-state index >= 15 is 0 Å². The van der Waals surface area contributed by atoms with Crippen molar-refractivity contribution in [2.75, 3.05) is 26.2 Å². The molecular formula is C32H34N6O4S. The Morgan fingerprint density at radius 2 is 1.44 bits per heavy atom. The van der Waals surface area contributed by atoms with Gasteiger partial charge in [-0.3, -0.25) is 10.2 Å². The van der Waals surface area contributed by atoms with Gasteiger partial charge in [0.05, 0.1) is 4.90 Å². The van der Waals surface area contributed by atoms with E-state index in [4.69, 9.17) is 11.1 Å². The van der Waals surface area contributed by atoms with E-state index in [9.17, 15) is 18.0 Å². The minimum atomic E-state index is -4.08. The van der Waals surface area contributed by atoms with Crippen LogP contribution in [0, 0.1) is 5.41 Å². The standard InChI is InChI=1S/C32H34N6O4S/c33-30(34)27-12-6-9-24(19-27)20-29(36-43(41,42)28-14-13-25-10-4-5-11-26(25)21-28)31(39)37-15-17-38(18-16-37)32(40)35-22-23-7-2-1-3-8-23/h1-14,19,21,29,36H,15-18,20,22H2,(H3,33,34)(H,35,40)/t29-/m0/s1. The van der Waals surface area contributed by atoms with Crippen molar-refractivity contribution >= 4 is 38.6 Å². The van der Waals surface area contributed by atoms with Crippen LogP contribution in [0.4, 0.5) is 4.79 Å². The number of nitrogens with zero attached hydrogens (tertiary/aromatic N) is 2. The Morgan fingerprint density at radius 1 is 0.791 bits per heavy atom. The van der Waals surface area contributed by atoms with E-state index in [1.54, 1.807) is 46.2 Å². The molecule has 5 N–H and O–H groups in total. The number of nitrogens with two attached hydrogens (primary N) is 1. The van der Waals surface area contributed by atoms with Crippen LogP contribution in [-0.2, 0) is 27.8 Å². The minimum absolute atomic E-state index is 0.0568. The van der Waals surface area contributed by atoms with E-state index in [1.807, 2.05) is 54.6 Å². The fraction of sp³-hybridized carbons (Fsp3) is 0.219. The van der Waals surface area contributed by atoms with E-state index < -0.39 is 16.1 Å². The molecule has 222 valence electrons. The molecule has 5 rings (SSSR count). The lowest BCUT2D eigenvalue weighted by atomic mass is 10.0. The maximum Gasteiger partial charge on any atom is 0.317 e. The van der Waals surface area contributed by atoms with Crippen LogP contribution < -0.4 is 15.8 Å². The summed E-state index contributed by atoms with van der Waals surface area (Å²) in [5, 5.41) is 12.3. The summed E-state index contributed by atoms with van der Waals surface area (Å²) in [5.74, 6) is -0.509. The molecule has 10 nitrogen and oxygen atoms in total. The highest BCUT2D eigenvalue weighted by Crippen LogP contribution is 2.20. The molecule has 1 saturated heterocycles. The molecule has 1 atom stereocenters. The molecule has 3 amide bonds. The van der Waals surface area contributed by atoms with Crippen molar-refractivity contribution in [3.63, 3.8) is 0 Å². The molecule has 4 aromatic rings. The van der Waals surface area contributed by atoms with Gasteiger partial charge in [-0.15, -0.1) is 0 Å². The van der Waals surface area contributed by atoms with Crippen molar-refractivity contribution in [1.29, 1.82) is 5.41 Å². The zero-order chi connectivity index (χ0) is 30.4. The predicted octanol–water partition coefficient (Wildman–Crippen LogP) is 3.07. The van der Waals surface area contributed by atoms with Gasteiger partial charge in [-0.25, -0.2) is 13.2 Å². The van der Waals surface area contributed by atoms with Crippen molar-refractivity contribution in [3.8, 4) is 0 Å². The number of nitrogens with one attached hydrogen (secondary N) is 3. The molecule has 1 heterocycles. The van der Waals surface area contributed by atoms with Crippen LogP contribution in [-0.4, -0.2) is 68.2 Å². The van der Waals surface area contributed by atoms with Gasteiger partial charge < -0.3 is 20.9 Å². The fourth-order valence-corrected chi connectivity index (χ4v) is 6.33. The SMILES string of the molecule is N=C(N)c1cccc(C[C@H](NS(=O)(=O)c2ccc3ccccc3c2)C(=O)N2CCN(C(=O)NCc3ccccc3)CC2)c1. The van der Waals surface area contributed by atoms with E-state index in [2.05, 4.69) is 10.0 Å². The number of urea groups is 1. The van der Waals surface area contributed by atoms with Crippen LogP contribution in [0.25, 0.3) is 10.8 Å². The average Bonchev–Trinajstić information content (AvgIpc) is 3.03. The molecule has 11 heteroatoms. The maximum atomic E-state index is 13.8. The molecule has 43 heavy (non-hydrogen) atoms. The molecule has 1 fully saturated rings. The number of nitrogen functional groups attached to an aromatic ring is 1. The van der Waals surface area contributed by atoms with Gasteiger partial charge in [-0.1, -0.05) is 78.9 Å². The summed E-state index contributed by atoms with van der Waals surface area (Å²) in [6.45, 7) is 1.56. The first-order chi connectivity index (χ1) is 20.7. The number of piperazine rings is 1. The number of sulfonamides is 1. The average molecular weight is 599 g/mol. The van der Waals surface area contributed by atoms with Crippen molar-refractivity contribution in [1.82, 2.24) is 19.8 Å². The van der Waals surface area contributed by atoms with Gasteiger partial charge in [0, 0.05) is 38.3 Å². The van der Waals surface area contributed by atoms with Gasteiger partial charge in [0.2, 0.25) is 15.9 Å². The first kappa shape index (κ1) is 29.7. The zero-order valence-electron chi connectivity index (χ0n) is 23.6. The lowest BCUT2D eigenvalue weighted by molar-refractivity contribution is -0.134. The van der Waals surface area contributed by atoms with Crippen molar-refractivity contribution in [3.05, 3.63) is 114 Å². The number of hydrogen-bond donors (Lipinski definition) is 4. The third-order valence-electron chi connectivity index (χ3n) is 7.47. The highest BCUT2D eigenvalue weighted by Gasteiger charge is 2.32. The molecule has 0 unspecified atom stereocenters. The Labute approximate surface area is 251 Å². The third kappa shape index (κ3) is 7.37. The third-order valence-corrected chi connectivity index (χ3v) is 8.94. The Balaban J connectivity index is 1.31. The van der Waals surface area contributed by atoms with Gasteiger partial charge in [-0.2, -0.15) is 4.72 Å². The number of hydrogen-bond acceptors (Lipinski definition) is 5. The zero-order valence-corrected chi connectivity index (χ0v) is 24.4. The normalized spacial score (nSPS) is 14.3. The molecule has 0 spiro atoms. The van der Waals surface area contributed by atoms with Crippen LogP contribution in [0.15, 0.2) is 102 Å². The molecule has 0 bridgehead atoms. The largest absolute Gasteiger partial charge is 0.384 e. The monoisotopic (exact) mass is 598 g/mol. The van der Waals surface area contributed by atoms with Crippen LogP contribution >= 0.6 is 0 Å². The number of benzene rings is 4. The minimum Gasteiger partial charge on any atom is -0.384 e. The van der Waals surface area contributed by atoms with Crippen LogP contribution in [0.3, 0.4) is 0 Å². The summed E-state index contributed by atoms with van der Waals surface area (Å²) < 4.78 is 29.8. The van der Waals surface area contributed by atoms with Gasteiger partial charge >= 0.3 is 6.03 Å². The second-order valence-corrected chi connectivity index (χ2v) is 12.2. The number of amidine groups is 1. The number of fused-ring (bicyclic) bond motifs is 1. The Kier molecular flexibility index (Phi) is 9.03. The molecule has 1 aliphatic heterocycles. The lowest BCUT2D eigenvalue weighted by Crippen LogP contribution is -2.57. The van der Waals surface area contributed by atoms with E-state index in [1.165, 1.54) is 6.07 Å². The summed E-state index contributed by atoms with van der Waals surface area (Å²) in [5.41, 5.74) is 7.79. The molecule has 4 aromatic carbocycles. The van der Waals surface area contributed by atoms with Gasteiger partial charge in [0.25, 0.3) is 0 Å². The molecular weight excluding hydrogens is 564 g/mol. The summed E-state index contributed by atoms with van der Waals surface area (Å²) in [6.07, 6.45) is 0.0601. The van der Waals surface area contributed by atoms with Crippen LogP contribution in [0.2, 0.25) is 0 Å². The summed E-state index contributed by atoms with van der Waals surface area (Å²) >= 11 is 0.